The van der Waals surface area contributed by atoms with Gasteiger partial charge in [-0.15, -0.1) is 0 Å². The number of ketones is 2. The summed E-state index contributed by atoms with van der Waals surface area (Å²) in [5.41, 5.74) is -1.19. The quantitative estimate of drug-likeness (QED) is 0.0778. The highest BCUT2D eigenvalue weighted by Crippen LogP contribution is 2.30. The number of amides is 6. The molecule has 2 aliphatic heterocycles. The normalized spacial score (nSPS) is 18.4. The summed E-state index contributed by atoms with van der Waals surface area (Å²) in [6.07, 6.45) is 2.14. The van der Waals surface area contributed by atoms with Gasteiger partial charge in [-0.05, 0) is 45.4 Å². The van der Waals surface area contributed by atoms with Gasteiger partial charge in [-0.2, -0.15) is 0 Å². The first-order chi connectivity index (χ1) is 31.1. The van der Waals surface area contributed by atoms with Crippen molar-refractivity contribution in [3.05, 3.63) is 35.5 Å². The van der Waals surface area contributed by atoms with E-state index in [4.69, 9.17) is 23.5 Å². The molecule has 6 unspecified atom stereocenters. The van der Waals surface area contributed by atoms with Gasteiger partial charge in [-0.3, -0.25) is 38.4 Å². The van der Waals surface area contributed by atoms with Gasteiger partial charge in [0.05, 0.1) is 57.3 Å². The van der Waals surface area contributed by atoms with Gasteiger partial charge in [0, 0.05) is 40.6 Å². The molecule has 372 valence electrons. The van der Waals surface area contributed by atoms with Crippen LogP contribution in [0.1, 0.15) is 95.0 Å². The first-order valence-electron chi connectivity index (χ1n) is 21.5. The molecule has 23 nitrogen and oxygen atoms in total. The molecule has 0 radical (unpaired) electrons. The molecule has 0 saturated carbocycles. The number of carbonyl (C=O) groups excluding carboxylic acids is 8. The second kappa shape index (κ2) is 29.1. The highest BCUT2D eigenvalue weighted by atomic mass is 16.6. The van der Waals surface area contributed by atoms with Gasteiger partial charge in [0.25, 0.3) is 11.8 Å². The molecule has 4 heterocycles. The van der Waals surface area contributed by atoms with Gasteiger partial charge < -0.3 is 64.6 Å². The van der Waals surface area contributed by atoms with Crippen LogP contribution in [0.4, 0.5) is 0 Å². The van der Waals surface area contributed by atoms with Crippen LogP contribution in [-0.4, -0.2) is 161 Å². The van der Waals surface area contributed by atoms with Crippen LogP contribution in [0.3, 0.4) is 0 Å². The molecule has 4 rings (SSSR count). The lowest BCUT2D eigenvalue weighted by atomic mass is 9.93. The van der Waals surface area contributed by atoms with Crippen molar-refractivity contribution in [3.8, 4) is 0 Å². The first-order valence-corrected chi connectivity index (χ1v) is 21.5. The zero-order valence-electron chi connectivity index (χ0n) is 40.4. The lowest BCUT2D eigenvalue weighted by Gasteiger charge is -2.22. The number of rotatable bonds is 24. The van der Waals surface area contributed by atoms with Crippen LogP contribution >= 0.6 is 0 Å². The Labute approximate surface area is 385 Å². The second-order valence-electron chi connectivity index (χ2n) is 16.3. The minimum Gasteiger partial charge on any atom is -0.388 e. The van der Waals surface area contributed by atoms with E-state index in [2.05, 4.69) is 51.5 Å². The van der Waals surface area contributed by atoms with Gasteiger partial charge in [0.15, 0.2) is 17.3 Å². The van der Waals surface area contributed by atoms with Crippen LogP contribution in [0.25, 0.3) is 0 Å². The van der Waals surface area contributed by atoms with Crippen molar-refractivity contribution < 1.29 is 71.1 Å². The summed E-state index contributed by atoms with van der Waals surface area (Å²) < 4.78 is 34.0. The Hall–Kier alpha value is -5.62. The zero-order chi connectivity index (χ0) is 50.2. The average molecular weight is 939 g/mol. The van der Waals surface area contributed by atoms with Crippen molar-refractivity contribution in [3.63, 3.8) is 0 Å². The summed E-state index contributed by atoms with van der Waals surface area (Å²) in [4.78, 5) is 98.9. The number of Topliss-reactive ketones (excluding diaryl/α,β-unsaturated/α-hetero) is 2. The molecule has 6 amide bonds. The molecule has 0 aliphatic carbocycles. The maximum absolute atomic E-state index is 12.6. The van der Waals surface area contributed by atoms with Crippen molar-refractivity contribution >= 4 is 47.0 Å². The molecule has 6 N–H and O–H groups in total. The van der Waals surface area contributed by atoms with E-state index in [0.717, 1.165) is 0 Å². The first kappa shape index (κ1) is 58.4. The molecule has 2 aromatic rings. The second-order valence-corrected chi connectivity index (χ2v) is 16.3. The topological polar surface area (TPSA) is 314 Å². The van der Waals surface area contributed by atoms with Gasteiger partial charge >= 0.3 is 0 Å². The van der Waals surface area contributed by atoms with Crippen molar-refractivity contribution in [2.24, 2.45) is 11.8 Å². The molecule has 6 atom stereocenters. The number of nitrogens with one attached hydrogen (secondary N) is 6. The maximum atomic E-state index is 12.6. The Morgan fingerprint density at radius 2 is 1.08 bits per heavy atom. The summed E-state index contributed by atoms with van der Waals surface area (Å²) in [6, 6.07) is -0.730. The predicted octanol–water partition coefficient (Wildman–Crippen LogP) is 0.446. The summed E-state index contributed by atoms with van der Waals surface area (Å²) in [7, 11) is 6.00. The molecule has 2 saturated heterocycles. The molecule has 23 heteroatoms. The number of carbonyl (C=O) groups is 8. The molecule has 0 bridgehead atoms. The van der Waals surface area contributed by atoms with E-state index in [-0.39, 0.29) is 61.2 Å². The number of aryl methyl sites for hydroxylation is 1. The fourth-order valence-electron chi connectivity index (χ4n) is 5.68. The Balaban J connectivity index is 0.000000602. The van der Waals surface area contributed by atoms with Crippen molar-refractivity contribution in [2.75, 3.05) is 68.0 Å². The van der Waals surface area contributed by atoms with Gasteiger partial charge in [0.1, 0.15) is 29.5 Å². The van der Waals surface area contributed by atoms with Crippen LogP contribution in [-0.2, 0) is 52.5 Å². The highest BCUT2D eigenvalue weighted by Gasteiger charge is 2.51. The Kier molecular flexibility index (Phi) is 25.8. The number of hydrogen-bond donors (Lipinski definition) is 6. The largest absolute Gasteiger partial charge is 0.388 e. The third-order valence-electron chi connectivity index (χ3n) is 9.19. The summed E-state index contributed by atoms with van der Waals surface area (Å²) >= 11 is 0. The maximum Gasteiger partial charge on any atom is 0.290 e. The molecular weight excluding hydrogens is 869 g/mol. The van der Waals surface area contributed by atoms with E-state index in [1.165, 1.54) is 32.6 Å². The van der Waals surface area contributed by atoms with Crippen LogP contribution < -0.4 is 31.9 Å². The fraction of sp³-hybridized carbons (Fsp3) is 0.674. The molecule has 66 heavy (non-hydrogen) atoms. The molecule has 2 fully saturated rings. The number of epoxide rings is 2. The van der Waals surface area contributed by atoms with E-state index in [9.17, 15) is 38.4 Å². The van der Waals surface area contributed by atoms with E-state index >= 15 is 0 Å². The lowest BCUT2D eigenvalue weighted by molar-refractivity contribution is -0.131. The van der Waals surface area contributed by atoms with Gasteiger partial charge in [-0.25, -0.2) is 0 Å². The molecule has 0 aromatic carbocycles. The van der Waals surface area contributed by atoms with Gasteiger partial charge in [0.2, 0.25) is 29.4 Å². The van der Waals surface area contributed by atoms with Crippen molar-refractivity contribution in [1.29, 1.82) is 0 Å². The minimum absolute atomic E-state index is 0.00692. The van der Waals surface area contributed by atoms with E-state index in [1.54, 1.807) is 35.0 Å². The Bertz CT molecular complexity index is 1860. The molecule has 0 spiro atoms. The molecule has 2 aliphatic rings. The fourth-order valence-corrected chi connectivity index (χ4v) is 5.68. The van der Waals surface area contributed by atoms with E-state index in [0.29, 0.717) is 31.7 Å². The number of nitrogens with zero attached hydrogens (tertiary/aromatic N) is 2. The minimum atomic E-state index is -1.05. The van der Waals surface area contributed by atoms with Crippen LogP contribution in [0.2, 0.25) is 0 Å². The smallest absolute Gasteiger partial charge is 0.290 e. The third-order valence-corrected chi connectivity index (χ3v) is 9.19. The Morgan fingerprint density at radius 1 is 0.667 bits per heavy atom. The third kappa shape index (κ3) is 20.7. The summed E-state index contributed by atoms with van der Waals surface area (Å²) in [5, 5.41) is 22.3. The zero-order valence-corrected chi connectivity index (χ0v) is 40.4. The summed E-state index contributed by atoms with van der Waals surface area (Å²) in [5.74, 6) is -3.61. The van der Waals surface area contributed by atoms with Crippen LogP contribution in [0.15, 0.2) is 27.4 Å². The number of hydrogen-bond acceptors (Lipinski definition) is 17. The standard InChI is InChI=1S/C20H30N4O7.C19H28N4O7.C2H6O.C2H6/c1-11(2)6-13(17(26)20(4)10-30-20)22-16(25)8-21-18(27)14(9-29-5)23-19(28)15-7-12(3)24-31-15;1-11(2)7-13(16(25)19(3)10-29-19)21-15(24)8-20-17(26)14(9-28-4)22-18(27)12-5-6-30-23-12;1-3-2;1-2/h7,11,13-14H,6,8-10H2,1-5H3,(H,21,27)(H,22,25)(H,23,28);5-6,11,13-14H,7-10H2,1-4H3,(H,20,26)(H,21,24)(H,22,27);1-2H3;1-2H3. The SMILES string of the molecule is CC.COC.COCC(NC(=O)c1cc(C)no1)C(=O)NCC(=O)NC(CC(C)C)C(=O)C1(C)CO1.COCC(NC(=O)c1ccon1)C(=O)NCC(=O)NC(CC(C)C)C(=O)C1(C)CO1. The number of aromatic nitrogens is 2. The van der Waals surface area contributed by atoms with E-state index < -0.39 is 70.8 Å². The van der Waals surface area contributed by atoms with E-state index in [1.807, 2.05) is 41.5 Å². The number of ether oxygens (including phenoxy) is 5. The van der Waals surface area contributed by atoms with Gasteiger partial charge in [-0.1, -0.05) is 51.9 Å². The van der Waals surface area contributed by atoms with Crippen molar-refractivity contribution in [1.82, 2.24) is 42.2 Å². The van der Waals surface area contributed by atoms with Crippen LogP contribution in [0, 0.1) is 18.8 Å². The summed E-state index contributed by atoms with van der Waals surface area (Å²) in [6.45, 7) is 16.5. The van der Waals surface area contributed by atoms with Crippen LogP contribution in [0.5, 0.6) is 0 Å². The molecule has 2 aromatic heterocycles. The average Bonchev–Trinajstić information content (AvgIpc) is 4.05. The Morgan fingerprint density at radius 3 is 1.39 bits per heavy atom. The number of methoxy groups -OCH3 is 3. The highest BCUT2D eigenvalue weighted by molar-refractivity contribution is 6.00. The predicted molar refractivity (Wildman–Crippen MR) is 236 cm³/mol. The molecular formula is C43H70N8O15. The monoisotopic (exact) mass is 938 g/mol. The lowest BCUT2D eigenvalue weighted by Crippen LogP contribution is -2.53. The van der Waals surface area contributed by atoms with Crippen molar-refractivity contribution in [2.45, 2.75) is 111 Å².